The molecule has 2 amide bonds. The van der Waals surface area contributed by atoms with E-state index in [1.165, 1.54) is 0 Å². The summed E-state index contributed by atoms with van der Waals surface area (Å²) in [4.78, 5) is 37.9. The van der Waals surface area contributed by atoms with E-state index in [1.54, 1.807) is 36.1 Å². The predicted octanol–water partition coefficient (Wildman–Crippen LogP) is 3.31. The maximum atomic E-state index is 12.8. The number of carbonyl (C=O) groups excluding carboxylic acids is 2. The topological polar surface area (TPSA) is 86.7 Å². The van der Waals surface area contributed by atoms with Gasteiger partial charge in [-0.05, 0) is 43.5 Å². The molecule has 1 heterocycles. The normalized spacial score (nSPS) is 17.4. The van der Waals surface area contributed by atoms with Crippen LogP contribution < -0.4 is 5.32 Å². The zero-order chi connectivity index (χ0) is 20.3. The van der Waals surface area contributed by atoms with Crippen LogP contribution in [0.5, 0.6) is 0 Å². The molecule has 2 N–H and O–H groups in total. The van der Waals surface area contributed by atoms with Crippen molar-refractivity contribution in [1.29, 1.82) is 0 Å². The second-order valence-corrected chi connectivity index (χ2v) is 7.24. The average molecular weight is 380 g/mol. The van der Waals surface area contributed by atoms with Crippen LogP contribution in [0.2, 0.25) is 0 Å². The molecule has 1 fully saturated rings. The van der Waals surface area contributed by atoms with Crippen LogP contribution in [0.15, 0.2) is 48.5 Å². The van der Waals surface area contributed by atoms with Crippen LogP contribution in [0, 0.1) is 6.92 Å². The molecule has 0 aromatic heterocycles. The number of hydrogen-bond donors (Lipinski definition) is 2. The molecule has 2 atom stereocenters. The van der Waals surface area contributed by atoms with E-state index in [-0.39, 0.29) is 11.8 Å². The fraction of sp³-hybridized carbons (Fsp3) is 0.318. The smallest absolute Gasteiger partial charge is 0.310 e. The molecule has 6 nitrogen and oxygen atoms in total. The first-order chi connectivity index (χ1) is 13.3. The Morgan fingerprint density at radius 3 is 2.61 bits per heavy atom. The van der Waals surface area contributed by atoms with Gasteiger partial charge in [0, 0.05) is 18.7 Å². The van der Waals surface area contributed by atoms with Crippen molar-refractivity contribution in [3.63, 3.8) is 0 Å². The minimum absolute atomic E-state index is 0.0334. The molecule has 0 spiro atoms. The Morgan fingerprint density at radius 2 is 1.93 bits per heavy atom. The summed E-state index contributed by atoms with van der Waals surface area (Å²) in [6.07, 6.45) is 0.821. The first kappa shape index (κ1) is 19.6. The Morgan fingerprint density at radius 1 is 1.21 bits per heavy atom. The van der Waals surface area contributed by atoms with Crippen molar-refractivity contribution in [2.75, 3.05) is 5.32 Å². The standard InChI is InChI=1S/C22H24N2O4/c1-14-6-8-16(9-7-14)13-24-19(10-11-20(24)25)21(26)23-18-5-3-4-17(12-18)15(2)22(27)28/h3-9,12,15,19H,10-11,13H2,1-2H3,(H,23,26)(H,27,28). The summed E-state index contributed by atoms with van der Waals surface area (Å²) in [5.41, 5.74) is 3.27. The maximum absolute atomic E-state index is 12.8. The van der Waals surface area contributed by atoms with Crippen molar-refractivity contribution >= 4 is 23.5 Å². The SMILES string of the molecule is Cc1ccc(CN2C(=O)CCC2C(=O)Nc2cccc(C(C)C(=O)O)c2)cc1. The minimum Gasteiger partial charge on any atom is -0.481 e. The van der Waals surface area contributed by atoms with Crippen molar-refractivity contribution in [2.45, 2.75) is 45.2 Å². The summed E-state index contributed by atoms with van der Waals surface area (Å²) < 4.78 is 0. The number of aliphatic carboxylic acids is 1. The van der Waals surface area contributed by atoms with Crippen LogP contribution in [-0.4, -0.2) is 33.8 Å². The van der Waals surface area contributed by atoms with Gasteiger partial charge in [0.15, 0.2) is 0 Å². The molecule has 0 radical (unpaired) electrons. The lowest BCUT2D eigenvalue weighted by atomic mass is 10.0. The number of amides is 2. The summed E-state index contributed by atoms with van der Waals surface area (Å²) in [5, 5.41) is 12.0. The van der Waals surface area contributed by atoms with E-state index in [2.05, 4.69) is 5.32 Å². The minimum atomic E-state index is -0.922. The number of likely N-dealkylation sites (tertiary alicyclic amines) is 1. The molecule has 146 valence electrons. The number of carbonyl (C=O) groups is 3. The van der Waals surface area contributed by atoms with Crippen LogP contribution in [-0.2, 0) is 20.9 Å². The van der Waals surface area contributed by atoms with E-state index in [9.17, 15) is 19.5 Å². The number of hydrogen-bond acceptors (Lipinski definition) is 3. The number of aryl methyl sites for hydroxylation is 1. The number of carboxylic acids is 1. The van der Waals surface area contributed by atoms with Crippen LogP contribution in [0.25, 0.3) is 0 Å². The Balaban J connectivity index is 1.72. The second-order valence-electron chi connectivity index (χ2n) is 7.24. The lowest BCUT2D eigenvalue weighted by Crippen LogP contribution is -2.41. The molecule has 1 aliphatic heterocycles. The van der Waals surface area contributed by atoms with Crippen LogP contribution in [0.1, 0.15) is 42.4 Å². The van der Waals surface area contributed by atoms with Gasteiger partial charge >= 0.3 is 5.97 Å². The monoisotopic (exact) mass is 380 g/mol. The fourth-order valence-electron chi connectivity index (χ4n) is 3.35. The molecule has 2 aromatic carbocycles. The van der Waals surface area contributed by atoms with Crippen LogP contribution >= 0.6 is 0 Å². The van der Waals surface area contributed by atoms with E-state index >= 15 is 0 Å². The zero-order valence-corrected chi connectivity index (χ0v) is 16.0. The Hall–Kier alpha value is -3.15. The Labute approximate surface area is 164 Å². The molecular formula is C22H24N2O4. The third-order valence-electron chi connectivity index (χ3n) is 5.13. The van der Waals surface area contributed by atoms with Crippen molar-refractivity contribution in [2.24, 2.45) is 0 Å². The van der Waals surface area contributed by atoms with Gasteiger partial charge in [-0.2, -0.15) is 0 Å². The highest BCUT2D eigenvalue weighted by Crippen LogP contribution is 2.24. The van der Waals surface area contributed by atoms with E-state index in [1.807, 2.05) is 31.2 Å². The number of anilines is 1. The van der Waals surface area contributed by atoms with Gasteiger partial charge in [-0.1, -0.05) is 42.0 Å². The van der Waals surface area contributed by atoms with Gasteiger partial charge < -0.3 is 15.3 Å². The molecule has 0 aliphatic carbocycles. The summed E-state index contributed by atoms with van der Waals surface area (Å²) >= 11 is 0. The Bertz CT molecular complexity index is 892. The fourth-order valence-corrected chi connectivity index (χ4v) is 3.35. The highest BCUT2D eigenvalue weighted by atomic mass is 16.4. The molecule has 2 unspecified atom stereocenters. The van der Waals surface area contributed by atoms with Crippen molar-refractivity contribution in [1.82, 2.24) is 4.90 Å². The van der Waals surface area contributed by atoms with E-state index in [0.717, 1.165) is 11.1 Å². The third kappa shape index (κ3) is 4.39. The summed E-state index contributed by atoms with van der Waals surface area (Å²) in [7, 11) is 0. The molecule has 28 heavy (non-hydrogen) atoms. The predicted molar refractivity (Wildman–Crippen MR) is 106 cm³/mol. The number of nitrogens with one attached hydrogen (secondary N) is 1. The molecule has 2 aromatic rings. The van der Waals surface area contributed by atoms with Gasteiger partial charge in [0.1, 0.15) is 6.04 Å². The van der Waals surface area contributed by atoms with E-state index in [4.69, 9.17) is 0 Å². The van der Waals surface area contributed by atoms with Crippen molar-refractivity contribution in [3.05, 3.63) is 65.2 Å². The van der Waals surface area contributed by atoms with Gasteiger partial charge in [-0.25, -0.2) is 0 Å². The number of nitrogens with zero attached hydrogens (tertiary/aromatic N) is 1. The summed E-state index contributed by atoms with van der Waals surface area (Å²) in [6, 6.07) is 14.2. The molecule has 3 rings (SSSR count). The van der Waals surface area contributed by atoms with Gasteiger partial charge in [-0.15, -0.1) is 0 Å². The summed E-state index contributed by atoms with van der Waals surface area (Å²) in [6.45, 7) is 4.00. The quantitative estimate of drug-likeness (QED) is 0.805. The lowest BCUT2D eigenvalue weighted by Gasteiger charge is -2.24. The van der Waals surface area contributed by atoms with Crippen molar-refractivity contribution < 1.29 is 19.5 Å². The molecule has 0 saturated carbocycles. The number of rotatable bonds is 6. The molecule has 0 bridgehead atoms. The lowest BCUT2D eigenvalue weighted by molar-refractivity contribution is -0.138. The Kier molecular flexibility index (Phi) is 5.78. The third-order valence-corrected chi connectivity index (χ3v) is 5.13. The van der Waals surface area contributed by atoms with Crippen molar-refractivity contribution in [3.8, 4) is 0 Å². The number of benzene rings is 2. The van der Waals surface area contributed by atoms with E-state index < -0.39 is 17.9 Å². The van der Waals surface area contributed by atoms with Crippen LogP contribution in [0.4, 0.5) is 5.69 Å². The van der Waals surface area contributed by atoms with E-state index in [0.29, 0.717) is 30.6 Å². The first-order valence-corrected chi connectivity index (χ1v) is 9.34. The molecular weight excluding hydrogens is 356 g/mol. The van der Waals surface area contributed by atoms with Gasteiger partial charge in [-0.3, -0.25) is 14.4 Å². The second kappa shape index (κ2) is 8.25. The molecule has 1 saturated heterocycles. The van der Waals surface area contributed by atoms with Crippen LogP contribution in [0.3, 0.4) is 0 Å². The first-order valence-electron chi connectivity index (χ1n) is 9.34. The van der Waals surface area contributed by atoms with Gasteiger partial charge in [0.25, 0.3) is 0 Å². The summed E-state index contributed by atoms with van der Waals surface area (Å²) in [5.74, 6) is -1.87. The average Bonchev–Trinajstić information content (AvgIpc) is 3.03. The largest absolute Gasteiger partial charge is 0.481 e. The zero-order valence-electron chi connectivity index (χ0n) is 16.0. The number of carboxylic acid groups (broad SMARTS) is 1. The highest BCUT2D eigenvalue weighted by molar-refractivity contribution is 5.99. The van der Waals surface area contributed by atoms with Gasteiger partial charge in [0.2, 0.25) is 11.8 Å². The highest BCUT2D eigenvalue weighted by Gasteiger charge is 2.36. The maximum Gasteiger partial charge on any atom is 0.310 e. The molecule has 1 aliphatic rings. The van der Waals surface area contributed by atoms with Gasteiger partial charge in [0.05, 0.1) is 5.92 Å². The molecule has 6 heteroatoms.